The summed E-state index contributed by atoms with van der Waals surface area (Å²) in [5.74, 6) is 0. The SMILES string of the molecule is CC(C)(C)OC(=O)NC1CCC(Oc2nc(Cl)cc3ncnn23)CC1. The molecule has 1 N–H and O–H groups in total. The van der Waals surface area contributed by atoms with Crippen molar-refractivity contribution in [2.45, 2.75) is 64.2 Å². The average Bonchev–Trinajstić information content (AvgIpc) is 2.95. The second-order valence-electron chi connectivity index (χ2n) is 7.13. The molecule has 2 aromatic heterocycles. The number of halogens is 1. The third-order valence-electron chi connectivity index (χ3n) is 3.87. The van der Waals surface area contributed by atoms with Crippen molar-refractivity contribution in [1.82, 2.24) is 24.9 Å². The summed E-state index contributed by atoms with van der Waals surface area (Å²) in [6, 6.07) is 2.06. The summed E-state index contributed by atoms with van der Waals surface area (Å²) in [5.41, 5.74) is 0.0986. The summed E-state index contributed by atoms with van der Waals surface area (Å²) < 4.78 is 12.8. The lowest BCUT2D eigenvalue weighted by Crippen LogP contribution is -2.42. The van der Waals surface area contributed by atoms with Gasteiger partial charge in [0, 0.05) is 12.1 Å². The van der Waals surface area contributed by atoms with Gasteiger partial charge in [0.2, 0.25) is 0 Å². The summed E-state index contributed by atoms with van der Waals surface area (Å²) in [7, 11) is 0. The third kappa shape index (κ3) is 4.72. The fourth-order valence-electron chi connectivity index (χ4n) is 2.80. The first kappa shape index (κ1) is 17.7. The van der Waals surface area contributed by atoms with Crippen LogP contribution in [0.4, 0.5) is 4.79 Å². The van der Waals surface area contributed by atoms with Gasteiger partial charge in [0.25, 0.3) is 0 Å². The minimum absolute atomic E-state index is 0.00458. The molecule has 1 fully saturated rings. The van der Waals surface area contributed by atoms with Crippen molar-refractivity contribution in [1.29, 1.82) is 0 Å². The van der Waals surface area contributed by atoms with Crippen LogP contribution in [0.15, 0.2) is 12.4 Å². The number of hydrogen-bond acceptors (Lipinski definition) is 6. The maximum absolute atomic E-state index is 11.8. The van der Waals surface area contributed by atoms with Gasteiger partial charge < -0.3 is 14.8 Å². The second-order valence-corrected chi connectivity index (χ2v) is 7.52. The molecular formula is C16H22ClN5O3. The van der Waals surface area contributed by atoms with E-state index in [-0.39, 0.29) is 18.2 Å². The first-order valence-corrected chi connectivity index (χ1v) is 8.70. The first-order valence-electron chi connectivity index (χ1n) is 8.32. The number of fused-ring (bicyclic) bond motifs is 1. The first-order chi connectivity index (χ1) is 11.8. The second kappa shape index (κ2) is 7.03. The van der Waals surface area contributed by atoms with Gasteiger partial charge in [0.15, 0.2) is 5.65 Å². The molecule has 8 nitrogen and oxygen atoms in total. The van der Waals surface area contributed by atoms with Gasteiger partial charge in [-0.1, -0.05) is 11.6 Å². The molecule has 1 aliphatic rings. The molecule has 136 valence electrons. The highest BCUT2D eigenvalue weighted by Crippen LogP contribution is 2.24. The van der Waals surface area contributed by atoms with Crippen LogP contribution in [0.25, 0.3) is 5.65 Å². The lowest BCUT2D eigenvalue weighted by Gasteiger charge is -2.30. The Kier molecular flexibility index (Phi) is 4.99. The van der Waals surface area contributed by atoms with Gasteiger partial charge in [0.05, 0.1) is 0 Å². The van der Waals surface area contributed by atoms with E-state index in [0.717, 1.165) is 25.7 Å². The number of nitrogens with zero attached hydrogens (tertiary/aromatic N) is 4. The average molecular weight is 368 g/mol. The number of rotatable bonds is 3. The lowest BCUT2D eigenvalue weighted by molar-refractivity contribution is 0.0467. The Morgan fingerprint density at radius 2 is 2.04 bits per heavy atom. The summed E-state index contributed by atoms with van der Waals surface area (Å²) in [6.45, 7) is 5.54. The van der Waals surface area contributed by atoms with Crippen LogP contribution in [0.1, 0.15) is 46.5 Å². The summed E-state index contributed by atoms with van der Waals surface area (Å²) in [5, 5.41) is 7.33. The molecule has 25 heavy (non-hydrogen) atoms. The Labute approximate surface area is 150 Å². The Hall–Kier alpha value is -2.09. The molecule has 0 unspecified atom stereocenters. The molecule has 1 amide bonds. The lowest BCUT2D eigenvalue weighted by atomic mass is 9.93. The quantitative estimate of drug-likeness (QED) is 0.838. The van der Waals surface area contributed by atoms with Crippen molar-refractivity contribution in [2.75, 3.05) is 0 Å². The van der Waals surface area contributed by atoms with Crippen molar-refractivity contribution >= 4 is 23.3 Å². The van der Waals surface area contributed by atoms with Crippen LogP contribution >= 0.6 is 11.6 Å². The van der Waals surface area contributed by atoms with Crippen molar-refractivity contribution in [2.24, 2.45) is 0 Å². The molecule has 0 saturated heterocycles. The van der Waals surface area contributed by atoms with Crippen molar-refractivity contribution < 1.29 is 14.3 Å². The van der Waals surface area contributed by atoms with Crippen LogP contribution in [-0.4, -0.2) is 43.4 Å². The molecule has 1 saturated carbocycles. The van der Waals surface area contributed by atoms with E-state index in [1.807, 2.05) is 20.8 Å². The van der Waals surface area contributed by atoms with E-state index in [2.05, 4.69) is 20.4 Å². The minimum Gasteiger partial charge on any atom is -0.460 e. The van der Waals surface area contributed by atoms with Gasteiger partial charge in [-0.15, -0.1) is 0 Å². The molecule has 3 rings (SSSR count). The highest BCUT2D eigenvalue weighted by atomic mass is 35.5. The van der Waals surface area contributed by atoms with Gasteiger partial charge >= 0.3 is 12.1 Å². The molecule has 0 aromatic carbocycles. The number of nitrogens with one attached hydrogen (secondary N) is 1. The predicted molar refractivity (Wildman–Crippen MR) is 91.8 cm³/mol. The summed E-state index contributed by atoms with van der Waals surface area (Å²) >= 11 is 6.00. The monoisotopic (exact) mass is 367 g/mol. The van der Waals surface area contributed by atoms with E-state index in [9.17, 15) is 4.79 Å². The zero-order valence-corrected chi connectivity index (χ0v) is 15.3. The minimum atomic E-state index is -0.494. The van der Waals surface area contributed by atoms with Crippen LogP contribution in [0.2, 0.25) is 5.15 Å². The maximum atomic E-state index is 11.8. The molecule has 9 heteroatoms. The van der Waals surface area contributed by atoms with Gasteiger partial charge in [-0.2, -0.15) is 14.6 Å². The molecule has 2 heterocycles. The Balaban J connectivity index is 1.54. The van der Waals surface area contributed by atoms with Crippen LogP contribution < -0.4 is 10.1 Å². The molecule has 0 radical (unpaired) electrons. The number of aromatic nitrogens is 4. The van der Waals surface area contributed by atoms with E-state index in [1.54, 1.807) is 6.07 Å². The number of alkyl carbamates (subject to hydrolysis) is 1. The number of carbonyl (C=O) groups excluding carboxylic acids is 1. The van der Waals surface area contributed by atoms with E-state index in [1.165, 1.54) is 10.8 Å². The van der Waals surface area contributed by atoms with Gasteiger partial charge in [0.1, 0.15) is 23.2 Å². The van der Waals surface area contributed by atoms with Crippen molar-refractivity contribution in [3.05, 3.63) is 17.5 Å². The fraction of sp³-hybridized carbons (Fsp3) is 0.625. The normalized spacial score (nSPS) is 21.1. The predicted octanol–water partition coefficient (Wildman–Crippen LogP) is 2.99. The van der Waals surface area contributed by atoms with E-state index < -0.39 is 5.60 Å². The third-order valence-corrected chi connectivity index (χ3v) is 4.07. The zero-order chi connectivity index (χ0) is 18.0. The Bertz CT molecular complexity index is 750. The number of amides is 1. The number of ether oxygens (including phenoxy) is 2. The highest BCUT2D eigenvalue weighted by molar-refractivity contribution is 6.29. The molecule has 1 aliphatic carbocycles. The van der Waals surface area contributed by atoms with Crippen LogP contribution in [0.5, 0.6) is 6.01 Å². The van der Waals surface area contributed by atoms with E-state index in [4.69, 9.17) is 21.1 Å². The zero-order valence-electron chi connectivity index (χ0n) is 14.5. The highest BCUT2D eigenvalue weighted by Gasteiger charge is 2.26. The molecule has 0 spiro atoms. The smallest absolute Gasteiger partial charge is 0.407 e. The topological polar surface area (TPSA) is 90.6 Å². The number of carbonyl (C=O) groups is 1. The largest absolute Gasteiger partial charge is 0.460 e. The molecular weight excluding hydrogens is 346 g/mol. The van der Waals surface area contributed by atoms with E-state index in [0.29, 0.717) is 16.8 Å². The van der Waals surface area contributed by atoms with Crippen LogP contribution in [-0.2, 0) is 4.74 Å². The van der Waals surface area contributed by atoms with Gasteiger partial charge in [-0.05, 0) is 46.5 Å². The fourth-order valence-corrected chi connectivity index (χ4v) is 2.97. The molecule has 0 aliphatic heterocycles. The molecule has 0 atom stereocenters. The maximum Gasteiger partial charge on any atom is 0.407 e. The van der Waals surface area contributed by atoms with Crippen molar-refractivity contribution in [3.8, 4) is 6.01 Å². The Morgan fingerprint density at radius 3 is 2.72 bits per heavy atom. The van der Waals surface area contributed by atoms with E-state index >= 15 is 0 Å². The summed E-state index contributed by atoms with van der Waals surface area (Å²) in [6.07, 6.45) is 4.26. The van der Waals surface area contributed by atoms with Crippen molar-refractivity contribution in [3.63, 3.8) is 0 Å². The standard InChI is InChI=1S/C16H22ClN5O3/c1-16(2,3)25-15(23)20-10-4-6-11(7-5-10)24-14-21-12(17)8-13-18-9-19-22(13)14/h8-11H,4-7H2,1-3H3,(H,20,23). The number of hydrogen-bond donors (Lipinski definition) is 1. The van der Waals surface area contributed by atoms with Gasteiger partial charge in [-0.3, -0.25) is 0 Å². The van der Waals surface area contributed by atoms with Crippen LogP contribution in [0.3, 0.4) is 0 Å². The Morgan fingerprint density at radius 1 is 1.32 bits per heavy atom. The van der Waals surface area contributed by atoms with Gasteiger partial charge in [-0.25, -0.2) is 9.78 Å². The molecule has 0 bridgehead atoms. The summed E-state index contributed by atoms with van der Waals surface area (Å²) in [4.78, 5) is 20.1. The molecule has 2 aromatic rings. The van der Waals surface area contributed by atoms with Crippen LogP contribution in [0, 0.1) is 0 Å².